The highest BCUT2D eigenvalue weighted by Crippen LogP contribution is 2.61. The minimum atomic E-state index is 0.572. The molecular formula is C18H27NS. The van der Waals surface area contributed by atoms with E-state index in [-0.39, 0.29) is 0 Å². The molecule has 4 saturated carbocycles. The van der Waals surface area contributed by atoms with Gasteiger partial charge in [0, 0.05) is 12.6 Å². The lowest BCUT2D eigenvalue weighted by molar-refractivity contribution is -0.00541. The molecule has 4 aliphatic carbocycles. The van der Waals surface area contributed by atoms with Crippen LogP contribution in [0, 0.1) is 17.8 Å². The molecule has 0 spiro atoms. The van der Waals surface area contributed by atoms with Gasteiger partial charge in [0.15, 0.2) is 0 Å². The molecule has 0 amide bonds. The van der Waals surface area contributed by atoms with E-state index in [9.17, 15) is 0 Å². The third-order valence-electron chi connectivity index (χ3n) is 6.05. The first-order valence-corrected chi connectivity index (χ1v) is 9.38. The zero-order valence-electron chi connectivity index (χ0n) is 12.8. The standard InChI is InChI=1S/C18H27NS/c1-12(2)19-9-16-10-20-11-17(16)18-6-13-3-14(7-18)5-15(4-13)8-18/h10-15,19H,3-9H2,1-2H3. The second-order valence-corrected chi connectivity index (χ2v) is 8.79. The summed E-state index contributed by atoms with van der Waals surface area (Å²) >= 11 is 1.93. The highest BCUT2D eigenvalue weighted by Gasteiger charge is 2.52. The van der Waals surface area contributed by atoms with Crippen molar-refractivity contribution in [3.8, 4) is 0 Å². The van der Waals surface area contributed by atoms with Crippen molar-refractivity contribution in [2.75, 3.05) is 0 Å². The summed E-state index contributed by atoms with van der Waals surface area (Å²) in [5.74, 6) is 3.14. The van der Waals surface area contributed by atoms with Gasteiger partial charge < -0.3 is 5.32 Å². The molecule has 0 radical (unpaired) electrons. The second kappa shape index (κ2) is 4.84. The Morgan fingerprint density at radius 2 is 1.70 bits per heavy atom. The minimum Gasteiger partial charge on any atom is -0.310 e. The van der Waals surface area contributed by atoms with E-state index in [1.54, 1.807) is 30.4 Å². The molecule has 4 bridgehead atoms. The number of nitrogens with one attached hydrogen (secondary N) is 1. The van der Waals surface area contributed by atoms with Gasteiger partial charge in [-0.25, -0.2) is 0 Å². The van der Waals surface area contributed by atoms with Crippen LogP contribution in [0.15, 0.2) is 10.8 Å². The van der Waals surface area contributed by atoms with Crippen molar-refractivity contribution in [2.45, 2.75) is 70.4 Å². The van der Waals surface area contributed by atoms with Gasteiger partial charge in [0.2, 0.25) is 0 Å². The molecule has 110 valence electrons. The van der Waals surface area contributed by atoms with Crippen molar-refractivity contribution in [1.29, 1.82) is 0 Å². The van der Waals surface area contributed by atoms with Gasteiger partial charge in [-0.1, -0.05) is 13.8 Å². The van der Waals surface area contributed by atoms with E-state index in [2.05, 4.69) is 29.9 Å². The van der Waals surface area contributed by atoms with Gasteiger partial charge in [-0.2, -0.15) is 11.3 Å². The summed E-state index contributed by atoms with van der Waals surface area (Å²) in [4.78, 5) is 0. The lowest BCUT2D eigenvalue weighted by Gasteiger charge is -2.57. The van der Waals surface area contributed by atoms with E-state index in [4.69, 9.17) is 0 Å². The normalized spacial score (nSPS) is 38.9. The van der Waals surface area contributed by atoms with Crippen molar-refractivity contribution in [1.82, 2.24) is 5.32 Å². The molecule has 2 heteroatoms. The zero-order valence-corrected chi connectivity index (χ0v) is 13.6. The molecule has 0 aliphatic heterocycles. The Morgan fingerprint density at radius 3 is 2.25 bits per heavy atom. The van der Waals surface area contributed by atoms with Gasteiger partial charge >= 0.3 is 0 Å². The van der Waals surface area contributed by atoms with Gasteiger partial charge in [0.25, 0.3) is 0 Å². The van der Waals surface area contributed by atoms with E-state index >= 15 is 0 Å². The Bertz CT molecular complexity index is 452. The predicted octanol–water partition coefficient (Wildman–Crippen LogP) is 4.71. The Labute approximate surface area is 127 Å². The number of thiophene rings is 1. The van der Waals surface area contributed by atoms with E-state index in [0.717, 1.165) is 24.3 Å². The topological polar surface area (TPSA) is 12.0 Å². The van der Waals surface area contributed by atoms with Crippen molar-refractivity contribution in [3.05, 3.63) is 21.9 Å². The van der Waals surface area contributed by atoms with E-state index in [0.29, 0.717) is 11.5 Å². The smallest absolute Gasteiger partial charge is 0.0219 e. The summed E-state index contributed by atoms with van der Waals surface area (Å²) in [6.07, 6.45) is 9.11. The Morgan fingerprint density at radius 1 is 1.10 bits per heavy atom. The maximum absolute atomic E-state index is 3.63. The molecule has 1 N–H and O–H groups in total. The molecule has 1 nitrogen and oxygen atoms in total. The van der Waals surface area contributed by atoms with Gasteiger partial charge in [-0.05, 0) is 83.6 Å². The van der Waals surface area contributed by atoms with Crippen LogP contribution >= 0.6 is 11.3 Å². The second-order valence-electron chi connectivity index (χ2n) is 8.04. The molecule has 20 heavy (non-hydrogen) atoms. The lowest BCUT2D eigenvalue weighted by Crippen LogP contribution is -2.48. The van der Waals surface area contributed by atoms with Crippen LogP contribution in [0.1, 0.15) is 63.5 Å². The largest absolute Gasteiger partial charge is 0.310 e. The first-order valence-electron chi connectivity index (χ1n) is 8.43. The fourth-order valence-electron chi connectivity index (χ4n) is 5.68. The van der Waals surface area contributed by atoms with Crippen LogP contribution in [0.3, 0.4) is 0 Å². The molecule has 1 aromatic rings. The molecule has 1 aromatic heterocycles. The predicted molar refractivity (Wildman–Crippen MR) is 86.1 cm³/mol. The maximum atomic E-state index is 3.63. The van der Waals surface area contributed by atoms with Crippen LogP contribution in [0.25, 0.3) is 0 Å². The van der Waals surface area contributed by atoms with Gasteiger partial charge in [-0.15, -0.1) is 0 Å². The molecule has 4 fully saturated rings. The van der Waals surface area contributed by atoms with Crippen LogP contribution in [-0.4, -0.2) is 6.04 Å². The first-order chi connectivity index (χ1) is 9.64. The van der Waals surface area contributed by atoms with Gasteiger partial charge in [-0.3, -0.25) is 0 Å². The van der Waals surface area contributed by atoms with Crippen molar-refractivity contribution in [2.24, 2.45) is 17.8 Å². The van der Waals surface area contributed by atoms with Crippen molar-refractivity contribution >= 4 is 11.3 Å². The third-order valence-corrected chi connectivity index (χ3v) is 6.84. The summed E-state index contributed by atoms with van der Waals surface area (Å²) in [5.41, 5.74) is 3.91. The Kier molecular flexibility index (Phi) is 3.23. The molecule has 0 atom stereocenters. The first kappa shape index (κ1) is 13.3. The molecule has 0 saturated heterocycles. The highest BCUT2D eigenvalue weighted by atomic mass is 32.1. The summed E-state index contributed by atoms with van der Waals surface area (Å²) < 4.78 is 0. The average molecular weight is 289 g/mol. The zero-order chi connectivity index (χ0) is 13.7. The quantitative estimate of drug-likeness (QED) is 0.846. The fraction of sp³-hybridized carbons (Fsp3) is 0.778. The molecule has 1 heterocycles. The summed E-state index contributed by atoms with van der Waals surface area (Å²) in [7, 11) is 0. The Balaban J connectivity index is 1.62. The van der Waals surface area contributed by atoms with Crippen LogP contribution < -0.4 is 5.32 Å². The van der Waals surface area contributed by atoms with E-state index < -0.39 is 0 Å². The molecule has 0 unspecified atom stereocenters. The monoisotopic (exact) mass is 289 g/mol. The fourth-order valence-corrected chi connectivity index (χ4v) is 6.66. The van der Waals surface area contributed by atoms with Crippen molar-refractivity contribution in [3.63, 3.8) is 0 Å². The highest BCUT2D eigenvalue weighted by molar-refractivity contribution is 7.08. The van der Waals surface area contributed by atoms with E-state index in [1.165, 1.54) is 19.3 Å². The Hall–Kier alpha value is -0.340. The van der Waals surface area contributed by atoms with Crippen LogP contribution in [0.2, 0.25) is 0 Å². The molecular weight excluding hydrogens is 262 g/mol. The van der Waals surface area contributed by atoms with E-state index in [1.807, 2.05) is 11.3 Å². The average Bonchev–Trinajstić information content (AvgIpc) is 2.83. The van der Waals surface area contributed by atoms with Crippen LogP contribution in [-0.2, 0) is 12.0 Å². The van der Waals surface area contributed by atoms with Crippen molar-refractivity contribution < 1.29 is 0 Å². The lowest BCUT2D eigenvalue weighted by atomic mass is 9.48. The summed E-state index contributed by atoms with van der Waals surface area (Å²) in [5, 5.41) is 8.52. The maximum Gasteiger partial charge on any atom is 0.0219 e. The number of hydrogen-bond donors (Lipinski definition) is 1. The molecule has 0 aromatic carbocycles. The third kappa shape index (κ3) is 2.16. The summed E-state index contributed by atoms with van der Waals surface area (Å²) in [6.45, 7) is 5.56. The number of rotatable bonds is 4. The molecule has 4 aliphatic rings. The van der Waals surface area contributed by atoms with Gasteiger partial charge in [0.05, 0.1) is 0 Å². The van der Waals surface area contributed by atoms with Crippen LogP contribution in [0.4, 0.5) is 0 Å². The minimum absolute atomic E-state index is 0.572. The van der Waals surface area contributed by atoms with Gasteiger partial charge in [0.1, 0.15) is 0 Å². The summed E-state index contributed by atoms with van der Waals surface area (Å²) in [6, 6.07) is 0.583. The SMILES string of the molecule is CC(C)NCc1cscc1C12CC3CC(CC(C3)C1)C2. The number of hydrogen-bond acceptors (Lipinski definition) is 2. The van der Waals surface area contributed by atoms with Crippen LogP contribution in [0.5, 0.6) is 0 Å². The molecule has 5 rings (SSSR count).